The summed E-state index contributed by atoms with van der Waals surface area (Å²) in [6.07, 6.45) is 4.63. The molecule has 3 rings (SSSR count). The first kappa shape index (κ1) is 17.7. The van der Waals surface area contributed by atoms with Crippen LogP contribution in [0, 0.1) is 0 Å². The van der Waals surface area contributed by atoms with Gasteiger partial charge in [-0.1, -0.05) is 18.6 Å². The van der Waals surface area contributed by atoms with E-state index in [1.54, 1.807) is 19.2 Å². The summed E-state index contributed by atoms with van der Waals surface area (Å²) in [6.45, 7) is 2.92. The predicted molar refractivity (Wildman–Crippen MR) is 95.5 cm³/mol. The summed E-state index contributed by atoms with van der Waals surface area (Å²) in [7, 11) is 1.57. The maximum Gasteiger partial charge on any atom is 0.257 e. The van der Waals surface area contributed by atoms with Crippen LogP contribution in [0.1, 0.15) is 42.5 Å². The van der Waals surface area contributed by atoms with E-state index in [1.165, 1.54) is 6.42 Å². The van der Waals surface area contributed by atoms with Crippen molar-refractivity contribution in [2.75, 3.05) is 33.3 Å². The lowest BCUT2D eigenvalue weighted by molar-refractivity contribution is -0.134. The Kier molecular flexibility index (Phi) is 5.27. The van der Waals surface area contributed by atoms with Crippen LogP contribution in [0.2, 0.25) is 0 Å². The average Bonchev–Trinajstić information content (AvgIpc) is 2.68. The third-order valence-corrected chi connectivity index (χ3v) is 5.64. The lowest BCUT2D eigenvalue weighted by Crippen LogP contribution is -2.63. The van der Waals surface area contributed by atoms with Crippen LogP contribution in [0.3, 0.4) is 0 Å². The van der Waals surface area contributed by atoms with E-state index >= 15 is 0 Å². The standard InChI is InChI=1S/C19H27N3O3/c1-25-16-8-4-3-7-15(16)17(23)21-13-9-19(10-14-21,18(20)24)22-11-5-2-6-12-22/h3-4,7-8H,2,5-6,9-14H2,1H3,(H2,20,24). The maximum atomic E-state index is 12.9. The van der Waals surface area contributed by atoms with E-state index in [9.17, 15) is 9.59 Å². The van der Waals surface area contributed by atoms with Gasteiger partial charge in [0, 0.05) is 13.1 Å². The summed E-state index contributed by atoms with van der Waals surface area (Å²) in [6, 6.07) is 7.25. The predicted octanol–water partition coefficient (Wildman–Crippen LogP) is 1.64. The minimum Gasteiger partial charge on any atom is -0.496 e. The van der Waals surface area contributed by atoms with Gasteiger partial charge in [-0.25, -0.2) is 0 Å². The molecule has 6 heteroatoms. The molecule has 2 heterocycles. The Morgan fingerprint density at radius 3 is 2.28 bits per heavy atom. The number of hydrogen-bond acceptors (Lipinski definition) is 4. The molecule has 0 aliphatic carbocycles. The highest BCUT2D eigenvalue weighted by molar-refractivity contribution is 5.97. The van der Waals surface area contributed by atoms with E-state index in [0.717, 1.165) is 25.9 Å². The number of likely N-dealkylation sites (tertiary alicyclic amines) is 2. The van der Waals surface area contributed by atoms with Gasteiger partial charge in [0.1, 0.15) is 11.3 Å². The molecule has 6 nitrogen and oxygen atoms in total. The molecule has 1 aromatic rings. The monoisotopic (exact) mass is 345 g/mol. The van der Waals surface area contributed by atoms with E-state index in [1.807, 2.05) is 17.0 Å². The summed E-state index contributed by atoms with van der Waals surface area (Å²) in [4.78, 5) is 29.2. The lowest BCUT2D eigenvalue weighted by Gasteiger charge is -2.48. The van der Waals surface area contributed by atoms with Crippen molar-refractivity contribution >= 4 is 11.8 Å². The van der Waals surface area contributed by atoms with Crippen molar-refractivity contribution in [2.45, 2.75) is 37.6 Å². The van der Waals surface area contributed by atoms with Gasteiger partial charge < -0.3 is 15.4 Å². The number of carbonyl (C=O) groups excluding carboxylic acids is 2. The third kappa shape index (κ3) is 3.35. The maximum absolute atomic E-state index is 12.9. The van der Waals surface area contributed by atoms with Crippen LogP contribution < -0.4 is 10.5 Å². The van der Waals surface area contributed by atoms with Gasteiger partial charge in [-0.05, 0) is 50.9 Å². The van der Waals surface area contributed by atoms with Crippen molar-refractivity contribution in [3.8, 4) is 5.75 Å². The molecule has 2 N–H and O–H groups in total. The molecule has 0 saturated carbocycles. The van der Waals surface area contributed by atoms with Gasteiger partial charge in [-0.15, -0.1) is 0 Å². The number of carbonyl (C=O) groups is 2. The molecular formula is C19H27N3O3. The molecule has 0 radical (unpaired) electrons. The number of benzene rings is 1. The van der Waals surface area contributed by atoms with E-state index in [-0.39, 0.29) is 11.8 Å². The number of methoxy groups -OCH3 is 1. The number of primary amides is 1. The largest absolute Gasteiger partial charge is 0.496 e. The van der Waals surface area contributed by atoms with Crippen molar-refractivity contribution in [3.63, 3.8) is 0 Å². The Hall–Kier alpha value is -2.08. The third-order valence-electron chi connectivity index (χ3n) is 5.64. The first-order valence-electron chi connectivity index (χ1n) is 9.06. The highest BCUT2D eigenvalue weighted by Crippen LogP contribution is 2.32. The molecule has 0 bridgehead atoms. The van der Waals surface area contributed by atoms with Crippen molar-refractivity contribution in [2.24, 2.45) is 5.73 Å². The molecule has 25 heavy (non-hydrogen) atoms. The Bertz CT molecular complexity index is 633. The zero-order chi connectivity index (χ0) is 17.9. The smallest absolute Gasteiger partial charge is 0.257 e. The summed E-state index contributed by atoms with van der Waals surface area (Å²) in [5.74, 6) is 0.281. The van der Waals surface area contributed by atoms with E-state index < -0.39 is 5.54 Å². The molecule has 2 aliphatic heterocycles. The lowest BCUT2D eigenvalue weighted by atomic mass is 9.83. The molecule has 1 aromatic carbocycles. The molecule has 2 fully saturated rings. The molecule has 136 valence electrons. The summed E-state index contributed by atoms with van der Waals surface area (Å²) in [5, 5.41) is 0. The molecular weight excluding hydrogens is 318 g/mol. The molecule has 2 amide bonds. The van der Waals surface area contributed by atoms with Gasteiger partial charge in [-0.2, -0.15) is 0 Å². The number of amides is 2. The van der Waals surface area contributed by atoms with Crippen LogP contribution in [-0.4, -0.2) is 60.4 Å². The number of piperidine rings is 2. The second-order valence-corrected chi connectivity index (χ2v) is 6.94. The van der Waals surface area contributed by atoms with Crippen molar-refractivity contribution in [1.82, 2.24) is 9.80 Å². The molecule has 0 unspecified atom stereocenters. The Morgan fingerprint density at radius 1 is 1.04 bits per heavy atom. The molecule has 2 saturated heterocycles. The SMILES string of the molecule is COc1ccccc1C(=O)N1CCC(C(N)=O)(N2CCCCC2)CC1. The van der Waals surface area contributed by atoms with Crippen molar-refractivity contribution < 1.29 is 14.3 Å². The number of nitrogens with two attached hydrogens (primary N) is 1. The fraction of sp³-hybridized carbons (Fsp3) is 0.579. The summed E-state index contributed by atoms with van der Waals surface area (Å²) in [5.41, 5.74) is 5.77. The van der Waals surface area contributed by atoms with E-state index in [4.69, 9.17) is 10.5 Å². The van der Waals surface area contributed by atoms with Gasteiger partial charge in [-0.3, -0.25) is 14.5 Å². The van der Waals surface area contributed by atoms with Gasteiger partial charge >= 0.3 is 0 Å². The molecule has 0 aromatic heterocycles. The summed E-state index contributed by atoms with van der Waals surface area (Å²) >= 11 is 0. The number of rotatable bonds is 4. The van der Waals surface area contributed by atoms with Crippen LogP contribution in [-0.2, 0) is 4.79 Å². The topological polar surface area (TPSA) is 75.9 Å². The number of ether oxygens (including phenoxy) is 1. The molecule has 0 spiro atoms. The number of hydrogen-bond donors (Lipinski definition) is 1. The highest BCUT2D eigenvalue weighted by Gasteiger charge is 2.45. The van der Waals surface area contributed by atoms with E-state index in [2.05, 4.69) is 4.90 Å². The minimum atomic E-state index is -0.599. The minimum absolute atomic E-state index is 0.0471. The van der Waals surface area contributed by atoms with Gasteiger partial charge in [0.2, 0.25) is 5.91 Å². The number of para-hydroxylation sites is 1. The quantitative estimate of drug-likeness (QED) is 0.900. The van der Waals surface area contributed by atoms with Gasteiger partial charge in [0.25, 0.3) is 5.91 Å². The van der Waals surface area contributed by atoms with Crippen LogP contribution in [0.25, 0.3) is 0 Å². The van der Waals surface area contributed by atoms with Crippen LogP contribution >= 0.6 is 0 Å². The normalized spacial score (nSPS) is 20.9. The highest BCUT2D eigenvalue weighted by atomic mass is 16.5. The Labute approximate surface area is 148 Å². The van der Waals surface area contributed by atoms with Crippen molar-refractivity contribution in [3.05, 3.63) is 29.8 Å². The fourth-order valence-electron chi connectivity index (χ4n) is 4.11. The Morgan fingerprint density at radius 2 is 1.68 bits per heavy atom. The van der Waals surface area contributed by atoms with Crippen LogP contribution in [0.4, 0.5) is 0 Å². The fourth-order valence-corrected chi connectivity index (χ4v) is 4.11. The van der Waals surface area contributed by atoms with Gasteiger partial charge in [0.05, 0.1) is 12.7 Å². The first-order valence-corrected chi connectivity index (χ1v) is 9.06. The molecule has 0 atom stereocenters. The van der Waals surface area contributed by atoms with Crippen LogP contribution in [0.15, 0.2) is 24.3 Å². The Balaban J connectivity index is 1.73. The second-order valence-electron chi connectivity index (χ2n) is 6.94. The van der Waals surface area contributed by atoms with Crippen molar-refractivity contribution in [1.29, 1.82) is 0 Å². The second kappa shape index (κ2) is 7.44. The zero-order valence-corrected chi connectivity index (χ0v) is 14.9. The van der Waals surface area contributed by atoms with E-state index in [0.29, 0.717) is 37.2 Å². The first-order chi connectivity index (χ1) is 12.1. The zero-order valence-electron chi connectivity index (χ0n) is 14.9. The number of nitrogens with zero attached hydrogens (tertiary/aromatic N) is 2. The van der Waals surface area contributed by atoms with Crippen LogP contribution in [0.5, 0.6) is 5.75 Å². The molecule has 2 aliphatic rings. The average molecular weight is 345 g/mol. The summed E-state index contributed by atoms with van der Waals surface area (Å²) < 4.78 is 5.30. The van der Waals surface area contributed by atoms with Gasteiger partial charge in [0.15, 0.2) is 0 Å².